The molecule has 4 nitrogen and oxygen atoms in total. The van der Waals surface area contributed by atoms with Crippen LogP contribution in [-0.4, -0.2) is 44.8 Å². The van der Waals surface area contributed by atoms with Gasteiger partial charge in [0.05, 0.1) is 27.7 Å². The summed E-state index contributed by atoms with van der Waals surface area (Å²) in [5.74, 6) is 1.69. The minimum Gasteiger partial charge on any atom is -0.462 e. The lowest BCUT2D eigenvalue weighted by atomic mass is 9.83. The lowest BCUT2D eigenvalue weighted by Crippen LogP contribution is -2.40. The third-order valence-electron chi connectivity index (χ3n) is 7.63. The van der Waals surface area contributed by atoms with Crippen molar-refractivity contribution in [3.8, 4) is 0 Å². The van der Waals surface area contributed by atoms with Gasteiger partial charge in [-0.15, -0.1) is 0 Å². The Morgan fingerprint density at radius 1 is 1.29 bits per heavy atom. The molecule has 1 aliphatic heterocycles. The summed E-state index contributed by atoms with van der Waals surface area (Å²) in [5.41, 5.74) is -0.263. The molecule has 6 atom stereocenters. The second kappa shape index (κ2) is 9.34. The van der Waals surface area contributed by atoms with Gasteiger partial charge in [-0.2, -0.15) is 0 Å². The number of carbonyl (C=O) groups is 1. The van der Waals surface area contributed by atoms with E-state index >= 15 is 0 Å². The van der Waals surface area contributed by atoms with Crippen LogP contribution in [0.3, 0.4) is 0 Å². The SMILES string of the molecule is [B]CCC[C@H](C)[C@H](C)C[C@@]12OCCOC13CCCCC(COC(=O)C=C)CC32. The number of rotatable bonds is 9. The van der Waals surface area contributed by atoms with Gasteiger partial charge in [0.15, 0.2) is 0 Å². The van der Waals surface area contributed by atoms with Crippen LogP contribution in [0.1, 0.15) is 65.2 Å². The third kappa shape index (κ3) is 4.21. The van der Waals surface area contributed by atoms with Crippen LogP contribution in [0.25, 0.3) is 0 Å². The molecule has 0 N–H and O–H groups in total. The first-order valence-corrected chi connectivity index (χ1v) is 11.3. The van der Waals surface area contributed by atoms with Crippen molar-refractivity contribution in [2.45, 2.75) is 82.7 Å². The van der Waals surface area contributed by atoms with Crippen molar-refractivity contribution in [1.82, 2.24) is 0 Å². The van der Waals surface area contributed by atoms with Gasteiger partial charge in [-0.05, 0) is 43.4 Å². The fourth-order valence-corrected chi connectivity index (χ4v) is 5.82. The van der Waals surface area contributed by atoms with Gasteiger partial charge in [0, 0.05) is 12.0 Å². The number of carbonyl (C=O) groups excluding carboxylic acids is 1. The van der Waals surface area contributed by atoms with Gasteiger partial charge in [0.1, 0.15) is 11.2 Å². The summed E-state index contributed by atoms with van der Waals surface area (Å²) in [7, 11) is 5.71. The monoisotopic (exact) mass is 388 g/mol. The number of fused-ring (bicyclic) bond motifs is 1. The molecule has 2 saturated carbocycles. The molecule has 0 amide bonds. The molecule has 0 aromatic carbocycles. The topological polar surface area (TPSA) is 44.8 Å². The summed E-state index contributed by atoms with van der Waals surface area (Å²) < 4.78 is 18.4. The minimum absolute atomic E-state index is 0.117. The molecule has 3 fully saturated rings. The predicted molar refractivity (Wildman–Crippen MR) is 111 cm³/mol. The fraction of sp³-hybridized carbons (Fsp3) is 0.870. The van der Waals surface area contributed by atoms with E-state index in [-0.39, 0.29) is 17.2 Å². The first-order chi connectivity index (χ1) is 13.5. The van der Waals surface area contributed by atoms with Crippen LogP contribution in [0, 0.1) is 23.7 Å². The highest BCUT2D eigenvalue weighted by atomic mass is 16.6. The summed E-state index contributed by atoms with van der Waals surface area (Å²) >= 11 is 0. The maximum absolute atomic E-state index is 11.5. The van der Waals surface area contributed by atoms with E-state index in [1.165, 1.54) is 12.5 Å². The van der Waals surface area contributed by atoms with E-state index in [2.05, 4.69) is 20.4 Å². The first-order valence-electron chi connectivity index (χ1n) is 11.3. The quantitative estimate of drug-likeness (QED) is 0.332. The second-order valence-electron chi connectivity index (χ2n) is 9.30. The van der Waals surface area contributed by atoms with Crippen molar-refractivity contribution in [3.63, 3.8) is 0 Å². The maximum atomic E-state index is 11.5. The standard InChI is InChI=1S/C23H37BO4/c1-4-21(25)26-16-19-9-5-6-10-22-20(14-19)23(22,28-13-12-27-22)15-18(3)17(2)8-7-11-24/h4,17-20H,1,5-16H2,2-3H3/t17-,18+,19?,20?,22?,23-/m0/s1. The second-order valence-corrected chi connectivity index (χ2v) is 9.30. The Balaban J connectivity index is 1.70. The summed E-state index contributed by atoms with van der Waals surface area (Å²) in [6.45, 7) is 10.1. The average molecular weight is 388 g/mol. The van der Waals surface area contributed by atoms with Crippen molar-refractivity contribution in [1.29, 1.82) is 0 Å². The van der Waals surface area contributed by atoms with Crippen molar-refractivity contribution in [2.24, 2.45) is 23.7 Å². The zero-order valence-electron chi connectivity index (χ0n) is 17.8. The van der Waals surface area contributed by atoms with Crippen LogP contribution in [0.15, 0.2) is 12.7 Å². The molecule has 3 rings (SSSR count). The van der Waals surface area contributed by atoms with Crippen LogP contribution in [-0.2, 0) is 19.0 Å². The smallest absolute Gasteiger partial charge is 0.330 e. The van der Waals surface area contributed by atoms with Crippen LogP contribution >= 0.6 is 0 Å². The Bertz CT molecular complexity index is 553. The van der Waals surface area contributed by atoms with E-state index in [1.807, 2.05) is 0 Å². The lowest BCUT2D eigenvalue weighted by Gasteiger charge is -2.34. The molecule has 5 heteroatoms. The predicted octanol–water partition coefficient (Wildman–Crippen LogP) is 4.48. The molecule has 1 heterocycles. The summed E-state index contributed by atoms with van der Waals surface area (Å²) in [5, 5.41) is 0. The molecule has 156 valence electrons. The molecule has 0 aromatic heterocycles. The van der Waals surface area contributed by atoms with Crippen LogP contribution in [0.4, 0.5) is 0 Å². The van der Waals surface area contributed by atoms with Crippen LogP contribution < -0.4 is 0 Å². The number of hydrogen-bond donors (Lipinski definition) is 0. The zero-order chi connectivity index (χ0) is 20.2. The maximum Gasteiger partial charge on any atom is 0.330 e. The molecule has 3 aliphatic rings. The molecule has 2 aliphatic carbocycles. The van der Waals surface area contributed by atoms with Gasteiger partial charge in [-0.25, -0.2) is 4.79 Å². The van der Waals surface area contributed by atoms with E-state index in [1.54, 1.807) is 0 Å². The molecule has 0 aromatic rings. The van der Waals surface area contributed by atoms with Crippen molar-refractivity contribution in [3.05, 3.63) is 12.7 Å². The Hall–Kier alpha value is -0.805. The Morgan fingerprint density at radius 2 is 2.07 bits per heavy atom. The Kier molecular flexibility index (Phi) is 7.30. The lowest BCUT2D eigenvalue weighted by molar-refractivity contribution is -0.149. The van der Waals surface area contributed by atoms with Crippen molar-refractivity contribution in [2.75, 3.05) is 19.8 Å². The highest BCUT2D eigenvalue weighted by molar-refractivity contribution is 6.08. The van der Waals surface area contributed by atoms with Gasteiger partial charge in [0.2, 0.25) is 0 Å². The summed E-state index contributed by atoms with van der Waals surface area (Å²) in [6, 6.07) is 0. The van der Waals surface area contributed by atoms with Gasteiger partial charge >= 0.3 is 5.97 Å². The van der Waals surface area contributed by atoms with E-state index in [4.69, 9.17) is 22.1 Å². The summed E-state index contributed by atoms with van der Waals surface area (Å²) in [6.07, 6.45) is 10.9. The van der Waals surface area contributed by atoms with Crippen molar-refractivity contribution >= 4 is 13.8 Å². The number of hydrogen-bond acceptors (Lipinski definition) is 4. The average Bonchev–Trinajstić information content (AvgIpc) is 3.23. The minimum atomic E-state index is -0.324. The number of esters is 1. The van der Waals surface area contributed by atoms with E-state index < -0.39 is 0 Å². The first kappa shape index (κ1) is 21.9. The molecule has 1 spiro atoms. The fourth-order valence-electron chi connectivity index (χ4n) is 5.82. The van der Waals surface area contributed by atoms with E-state index in [0.717, 1.165) is 51.3 Å². The van der Waals surface area contributed by atoms with E-state index in [0.29, 0.717) is 43.5 Å². The normalized spacial score (nSPS) is 36.8. The third-order valence-corrected chi connectivity index (χ3v) is 7.63. The highest BCUT2D eigenvalue weighted by Crippen LogP contribution is 2.69. The van der Waals surface area contributed by atoms with Crippen molar-refractivity contribution < 1.29 is 19.0 Å². The molecular formula is C23H37BO4. The number of ether oxygens (including phenoxy) is 3. The van der Waals surface area contributed by atoms with Crippen LogP contribution in [0.5, 0.6) is 0 Å². The molecule has 3 unspecified atom stereocenters. The van der Waals surface area contributed by atoms with Gasteiger partial charge < -0.3 is 14.2 Å². The van der Waals surface area contributed by atoms with E-state index in [9.17, 15) is 4.79 Å². The summed E-state index contributed by atoms with van der Waals surface area (Å²) in [4.78, 5) is 11.5. The highest BCUT2D eigenvalue weighted by Gasteiger charge is 2.79. The Morgan fingerprint density at radius 3 is 2.82 bits per heavy atom. The largest absolute Gasteiger partial charge is 0.462 e. The molecular weight excluding hydrogens is 351 g/mol. The molecule has 28 heavy (non-hydrogen) atoms. The van der Waals surface area contributed by atoms with Gasteiger partial charge in [-0.1, -0.05) is 52.4 Å². The van der Waals surface area contributed by atoms with Crippen LogP contribution in [0.2, 0.25) is 6.32 Å². The molecule has 0 bridgehead atoms. The molecule has 2 radical (unpaired) electrons. The van der Waals surface area contributed by atoms with Gasteiger partial charge in [0.25, 0.3) is 0 Å². The van der Waals surface area contributed by atoms with Gasteiger partial charge in [-0.3, -0.25) is 0 Å². The Labute approximate surface area is 172 Å². The molecule has 1 saturated heterocycles. The zero-order valence-corrected chi connectivity index (χ0v) is 17.8.